The normalized spacial score (nSPS) is 16.1. The molecule has 2 aromatic rings. The first-order valence-electron chi connectivity index (χ1n) is 10.0. The van der Waals surface area contributed by atoms with Crippen molar-refractivity contribution >= 4 is 11.7 Å². The van der Waals surface area contributed by atoms with Crippen LogP contribution in [0.3, 0.4) is 0 Å². The van der Waals surface area contributed by atoms with E-state index in [0.717, 1.165) is 29.8 Å². The van der Waals surface area contributed by atoms with Crippen LogP contribution in [-0.2, 0) is 11.2 Å². The Morgan fingerprint density at radius 2 is 1.93 bits per heavy atom. The van der Waals surface area contributed by atoms with Crippen LogP contribution >= 0.6 is 0 Å². The quantitative estimate of drug-likeness (QED) is 0.757. The van der Waals surface area contributed by atoms with Gasteiger partial charge in [0, 0.05) is 11.5 Å². The zero-order valence-electron chi connectivity index (χ0n) is 16.2. The number of aromatic nitrogens is 2. The summed E-state index contributed by atoms with van der Waals surface area (Å²) in [7, 11) is 0. The highest BCUT2D eigenvalue weighted by atomic mass is 16.3. The molecule has 1 aliphatic carbocycles. The van der Waals surface area contributed by atoms with Gasteiger partial charge >= 0.3 is 0 Å². The van der Waals surface area contributed by atoms with E-state index in [9.17, 15) is 9.90 Å². The standard InChI is InChI=1S/C22H29N3O2/c1-3-15(2)22(27)25-21-19(13-16-7-5-4-6-8-16)24-20(14-23-21)17-9-11-18(26)12-10-17/h9-12,14-16,26H,3-8,13H2,1-2H3,(H,23,25,27). The van der Waals surface area contributed by atoms with Gasteiger partial charge in [-0.1, -0.05) is 46.0 Å². The topological polar surface area (TPSA) is 75.1 Å². The van der Waals surface area contributed by atoms with Crippen molar-refractivity contribution in [2.45, 2.75) is 58.8 Å². The lowest BCUT2D eigenvalue weighted by Gasteiger charge is -2.22. The van der Waals surface area contributed by atoms with E-state index in [1.807, 2.05) is 26.0 Å². The molecule has 2 N–H and O–H groups in total. The molecule has 0 radical (unpaired) electrons. The number of carbonyl (C=O) groups is 1. The summed E-state index contributed by atoms with van der Waals surface area (Å²) in [4.78, 5) is 21.8. The minimum atomic E-state index is -0.0499. The minimum Gasteiger partial charge on any atom is -0.508 e. The number of aromatic hydroxyl groups is 1. The van der Waals surface area contributed by atoms with Gasteiger partial charge in [0.2, 0.25) is 5.91 Å². The van der Waals surface area contributed by atoms with Crippen molar-refractivity contribution in [1.29, 1.82) is 0 Å². The number of nitrogens with zero attached hydrogens (tertiary/aromatic N) is 2. The third-order valence-corrected chi connectivity index (χ3v) is 5.52. The van der Waals surface area contributed by atoms with Gasteiger partial charge in [0.25, 0.3) is 0 Å². The molecule has 1 saturated carbocycles. The highest BCUT2D eigenvalue weighted by molar-refractivity contribution is 5.91. The fourth-order valence-electron chi connectivity index (χ4n) is 3.54. The van der Waals surface area contributed by atoms with E-state index in [1.165, 1.54) is 32.1 Å². The lowest BCUT2D eigenvalue weighted by atomic mass is 9.86. The summed E-state index contributed by atoms with van der Waals surface area (Å²) in [5.41, 5.74) is 2.54. The number of hydrogen-bond acceptors (Lipinski definition) is 4. The molecule has 3 rings (SSSR count). The van der Waals surface area contributed by atoms with Crippen molar-refractivity contribution in [3.8, 4) is 17.0 Å². The second-order valence-corrected chi connectivity index (χ2v) is 7.60. The van der Waals surface area contributed by atoms with Crippen LogP contribution < -0.4 is 5.32 Å². The molecule has 1 aliphatic rings. The van der Waals surface area contributed by atoms with Gasteiger partial charge in [0.05, 0.1) is 17.6 Å². The molecule has 27 heavy (non-hydrogen) atoms. The van der Waals surface area contributed by atoms with Crippen LogP contribution in [0.15, 0.2) is 30.5 Å². The predicted octanol–water partition coefficient (Wildman–Crippen LogP) is 4.96. The third kappa shape index (κ3) is 5.06. The summed E-state index contributed by atoms with van der Waals surface area (Å²) in [6.45, 7) is 3.93. The van der Waals surface area contributed by atoms with E-state index in [4.69, 9.17) is 4.98 Å². The number of amides is 1. The van der Waals surface area contributed by atoms with Crippen molar-refractivity contribution in [2.24, 2.45) is 11.8 Å². The molecular formula is C22H29N3O2. The number of benzene rings is 1. The number of nitrogens with one attached hydrogen (secondary N) is 1. The van der Waals surface area contributed by atoms with Crippen LogP contribution in [0.1, 0.15) is 58.1 Å². The van der Waals surface area contributed by atoms with E-state index in [2.05, 4.69) is 10.3 Å². The average Bonchev–Trinajstić information content (AvgIpc) is 2.70. The van der Waals surface area contributed by atoms with Gasteiger partial charge in [0.15, 0.2) is 5.82 Å². The Bertz CT molecular complexity index is 768. The Hall–Kier alpha value is -2.43. The molecule has 0 spiro atoms. The number of anilines is 1. The SMILES string of the molecule is CCC(C)C(=O)Nc1ncc(-c2ccc(O)cc2)nc1CC1CCCCC1. The molecular weight excluding hydrogens is 338 g/mol. The largest absolute Gasteiger partial charge is 0.508 e. The fraction of sp³-hybridized carbons (Fsp3) is 0.500. The molecule has 0 bridgehead atoms. The van der Waals surface area contributed by atoms with Crippen molar-refractivity contribution in [3.05, 3.63) is 36.2 Å². The van der Waals surface area contributed by atoms with E-state index in [0.29, 0.717) is 11.7 Å². The molecule has 1 aromatic heterocycles. The maximum Gasteiger partial charge on any atom is 0.228 e. The number of carbonyl (C=O) groups excluding carboxylic acids is 1. The van der Waals surface area contributed by atoms with E-state index >= 15 is 0 Å². The number of phenolic OH excluding ortho intramolecular Hbond substituents is 1. The lowest BCUT2D eigenvalue weighted by molar-refractivity contribution is -0.119. The maximum atomic E-state index is 12.4. The first-order chi connectivity index (χ1) is 13.1. The number of hydrogen-bond donors (Lipinski definition) is 2. The summed E-state index contributed by atoms with van der Waals surface area (Å²) >= 11 is 0. The van der Waals surface area contributed by atoms with Crippen molar-refractivity contribution in [2.75, 3.05) is 5.32 Å². The van der Waals surface area contributed by atoms with Crippen molar-refractivity contribution < 1.29 is 9.90 Å². The molecule has 5 nitrogen and oxygen atoms in total. The van der Waals surface area contributed by atoms with E-state index < -0.39 is 0 Å². The predicted molar refractivity (Wildman–Crippen MR) is 107 cm³/mol. The summed E-state index contributed by atoms with van der Waals surface area (Å²) in [5.74, 6) is 1.36. The molecule has 1 fully saturated rings. The smallest absolute Gasteiger partial charge is 0.228 e. The van der Waals surface area contributed by atoms with Gasteiger partial charge in [-0.15, -0.1) is 0 Å². The van der Waals surface area contributed by atoms with Crippen molar-refractivity contribution in [3.63, 3.8) is 0 Å². The fourth-order valence-corrected chi connectivity index (χ4v) is 3.54. The molecule has 1 heterocycles. The van der Waals surface area contributed by atoms with Gasteiger partial charge in [-0.25, -0.2) is 9.97 Å². The Morgan fingerprint density at radius 1 is 1.22 bits per heavy atom. The molecule has 5 heteroatoms. The molecule has 1 unspecified atom stereocenters. The molecule has 1 atom stereocenters. The summed E-state index contributed by atoms with van der Waals surface area (Å²) in [6.07, 6.45) is 9.61. The van der Waals surface area contributed by atoms with Crippen LogP contribution in [0.5, 0.6) is 5.75 Å². The molecule has 144 valence electrons. The lowest BCUT2D eigenvalue weighted by Crippen LogP contribution is -2.22. The van der Waals surface area contributed by atoms with Crippen LogP contribution in [0, 0.1) is 11.8 Å². The Balaban J connectivity index is 1.88. The molecule has 0 aliphatic heterocycles. The zero-order chi connectivity index (χ0) is 19.2. The Labute approximate surface area is 161 Å². The zero-order valence-corrected chi connectivity index (χ0v) is 16.2. The van der Waals surface area contributed by atoms with Gasteiger partial charge < -0.3 is 10.4 Å². The van der Waals surface area contributed by atoms with E-state index in [1.54, 1.807) is 18.3 Å². The number of rotatable bonds is 6. The molecule has 1 aromatic carbocycles. The van der Waals surface area contributed by atoms with E-state index in [-0.39, 0.29) is 17.6 Å². The van der Waals surface area contributed by atoms with Crippen LogP contribution in [0.2, 0.25) is 0 Å². The molecule has 1 amide bonds. The Morgan fingerprint density at radius 3 is 2.59 bits per heavy atom. The first kappa shape index (κ1) is 19.3. The van der Waals surface area contributed by atoms with Gasteiger partial charge in [-0.05, 0) is 43.0 Å². The number of phenols is 1. The summed E-state index contributed by atoms with van der Waals surface area (Å²) in [5, 5.41) is 12.5. The highest BCUT2D eigenvalue weighted by Gasteiger charge is 2.20. The second-order valence-electron chi connectivity index (χ2n) is 7.60. The van der Waals surface area contributed by atoms with Gasteiger partial charge in [0.1, 0.15) is 5.75 Å². The maximum absolute atomic E-state index is 12.4. The van der Waals surface area contributed by atoms with Crippen molar-refractivity contribution in [1.82, 2.24) is 9.97 Å². The van der Waals surface area contributed by atoms with Gasteiger partial charge in [-0.2, -0.15) is 0 Å². The van der Waals surface area contributed by atoms with Crippen LogP contribution in [0.25, 0.3) is 11.3 Å². The average molecular weight is 367 g/mol. The minimum absolute atomic E-state index is 0.00548. The third-order valence-electron chi connectivity index (χ3n) is 5.52. The molecule has 0 saturated heterocycles. The summed E-state index contributed by atoms with van der Waals surface area (Å²) < 4.78 is 0. The van der Waals surface area contributed by atoms with Gasteiger partial charge in [-0.3, -0.25) is 4.79 Å². The first-order valence-corrected chi connectivity index (χ1v) is 10.0. The highest BCUT2D eigenvalue weighted by Crippen LogP contribution is 2.29. The van der Waals surface area contributed by atoms with Crippen LogP contribution in [0.4, 0.5) is 5.82 Å². The van der Waals surface area contributed by atoms with Crippen LogP contribution in [-0.4, -0.2) is 21.0 Å². The summed E-state index contributed by atoms with van der Waals surface area (Å²) in [6, 6.07) is 6.97. The second kappa shape index (κ2) is 8.98. The Kier molecular flexibility index (Phi) is 6.43. The monoisotopic (exact) mass is 367 g/mol.